The van der Waals surface area contributed by atoms with Crippen LogP contribution in [0.4, 0.5) is 0 Å². The zero-order chi connectivity index (χ0) is 6.27. The second kappa shape index (κ2) is 1.74. The third-order valence-corrected chi connectivity index (χ3v) is 1.97. The highest BCUT2D eigenvalue weighted by molar-refractivity contribution is 6.29. The molecule has 0 atom stereocenters. The number of halogens is 1. The van der Waals surface area contributed by atoms with Gasteiger partial charge in [-0.25, -0.2) is 4.98 Å². The van der Waals surface area contributed by atoms with Crippen LogP contribution in [-0.2, 0) is 13.0 Å². The van der Waals surface area contributed by atoms with E-state index in [2.05, 4.69) is 9.55 Å². The van der Waals surface area contributed by atoms with Gasteiger partial charge in [0.15, 0.2) is 0 Å². The van der Waals surface area contributed by atoms with Gasteiger partial charge >= 0.3 is 0 Å². The molecule has 1 aromatic heterocycles. The summed E-state index contributed by atoms with van der Waals surface area (Å²) < 4.78 is 2.06. The summed E-state index contributed by atoms with van der Waals surface area (Å²) in [7, 11) is 0. The molecule has 0 saturated heterocycles. The Labute approximate surface area is 58.5 Å². The van der Waals surface area contributed by atoms with Crippen LogP contribution in [0.1, 0.15) is 12.2 Å². The zero-order valence-corrected chi connectivity index (χ0v) is 5.73. The van der Waals surface area contributed by atoms with Crippen molar-refractivity contribution in [2.45, 2.75) is 19.4 Å². The van der Waals surface area contributed by atoms with Crippen molar-refractivity contribution >= 4 is 11.6 Å². The van der Waals surface area contributed by atoms with Crippen molar-refractivity contribution in [3.8, 4) is 0 Å². The molecular formula is C6H7ClN2. The quantitative estimate of drug-likeness (QED) is 0.537. The maximum absolute atomic E-state index is 5.79. The van der Waals surface area contributed by atoms with Crippen LogP contribution in [0.15, 0.2) is 6.20 Å². The van der Waals surface area contributed by atoms with E-state index in [-0.39, 0.29) is 0 Å². The van der Waals surface area contributed by atoms with Gasteiger partial charge in [-0.1, -0.05) is 11.6 Å². The van der Waals surface area contributed by atoms with Gasteiger partial charge in [0.25, 0.3) is 0 Å². The smallest absolute Gasteiger partial charge is 0.128 e. The van der Waals surface area contributed by atoms with Crippen LogP contribution in [-0.4, -0.2) is 9.55 Å². The zero-order valence-electron chi connectivity index (χ0n) is 4.97. The Bertz CT molecular complexity index is 229. The number of fused-ring (bicyclic) bond motifs is 1. The van der Waals surface area contributed by atoms with Crippen LogP contribution >= 0.6 is 11.6 Å². The van der Waals surface area contributed by atoms with Crippen molar-refractivity contribution < 1.29 is 0 Å². The van der Waals surface area contributed by atoms with E-state index in [9.17, 15) is 0 Å². The fraction of sp³-hybridized carbons (Fsp3) is 0.500. The molecule has 0 aliphatic carbocycles. The Kier molecular flexibility index (Phi) is 1.02. The van der Waals surface area contributed by atoms with Crippen LogP contribution in [0.25, 0.3) is 0 Å². The molecule has 2 nitrogen and oxygen atoms in total. The Hall–Kier alpha value is -0.500. The summed E-state index contributed by atoms with van der Waals surface area (Å²) in [6.07, 6.45) is 4.01. The average molecular weight is 143 g/mol. The van der Waals surface area contributed by atoms with Gasteiger partial charge in [-0.15, -0.1) is 0 Å². The van der Waals surface area contributed by atoms with Crippen LogP contribution in [0, 0.1) is 0 Å². The summed E-state index contributed by atoms with van der Waals surface area (Å²) in [6, 6.07) is 0. The molecule has 2 rings (SSSR count). The minimum absolute atomic E-state index is 0.780. The molecule has 0 aromatic carbocycles. The van der Waals surface area contributed by atoms with Gasteiger partial charge in [-0.05, 0) is 6.42 Å². The van der Waals surface area contributed by atoms with Crippen LogP contribution in [0.2, 0.25) is 5.15 Å². The fourth-order valence-corrected chi connectivity index (χ4v) is 1.45. The van der Waals surface area contributed by atoms with E-state index >= 15 is 0 Å². The lowest BCUT2D eigenvalue weighted by molar-refractivity contribution is 0.750. The number of nitrogens with zero attached hydrogens (tertiary/aromatic N) is 2. The molecule has 0 bridgehead atoms. The number of aromatic nitrogens is 2. The van der Waals surface area contributed by atoms with Gasteiger partial charge in [-0.2, -0.15) is 0 Å². The van der Waals surface area contributed by atoms with E-state index in [4.69, 9.17) is 11.6 Å². The van der Waals surface area contributed by atoms with Gasteiger partial charge in [0.2, 0.25) is 0 Å². The lowest BCUT2D eigenvalue weighted by Gasteiger charge is -1.93. The minimum Gasteiger partial charge on any atom is -0.319 e. The van der Waals surface area contributed by atoms with E-state index < -0.39 is 0 Å². The lowest BCUT2D eigenvalue weighted by Crippen LogP contribution is -1.90. The second-order valence-electron chi connectivity index (χ2n) is 2.25. The van der Waals surface area contributed by atoms with Crippen molar-refractivity contribution in [2.24, 2.45) is 0 Å². The van der Waals surface area contributed by atoms with Crippen LogP contribution in [0.5, 0.6) is 0 Å². The van der Waals surface area contributed by atoms with E-state index in [1.807, 2.05) is 0 Å². The highest BCUT2D eigenvalue weighted by Crippen LogP contribution is 2.18. The molecule has 48 valence electrons. The first-order valence-corrected chi connectivity index (χ1v) is 3.45. The van der Waals surface area contributed by atoms with Crippen molar-refractivity contribution in [2.75, 3.05) is 0 Å². The predicted octanol–water partition coefficient (Wildman–Crippen LogP) is 1.48. The number of hydrogen-bond acceptors (Lipinski definition) is 1. The maximum Gasteiger partial charge on any atom is 0.128 e. The Balaban J connectivity index is 2.56. The van der Waals surface area contributed by atoms with Crippen LogP contribution < -0.4 is 0 Å². The average Bonchev–Trinajstić information content (AvgIpc) is 2.35. The standard InChI is InChI=1S/C6H7ClN2/c7-5-4-8-6-2-1-3-9(5)6/h4H,1-3H2. The molecule has 1 aliphatic heterocycles. The SMILES string of the molecule is Clc1cnc2n1CCC2. The molecule has 0 fully saturated rings. The molecule has 0 saturated carbocycles. The van der Waals surface area contributed by atoms with Crippen molar-refractivity contribution in [3.05, 3.63) is 17.2 Å². The minimum atomic E-state index is 0.780. The molecule has 0 N–H and O–H groups in total. The largest absolute Gasteiger partial charge is 0.319 e. The molecule has 9 heavy (non-hydrogen) atoms. The molecule has 0 amide bonds. The fourth-order valence-electron chi connectivity index (χ4n) is 1.22. The Morgan fingerprint density at radius 1 is 1.67 bits per heavy atom. The van der Waals surface area contributed by atoms with Crippen molar-refractivity contribution in [1.29, 1.82) is 0 Å². The summed E-state index contributed by atoms with van der Waals surface area (Å²) in [6.45, 7) is 1.05. The maximum atomic E-state index is 5.79. The van der Waals surface area contributed by atoms with Crippen molar-refractivity contribution in [3.63, 3.8) is 0 Å². The van der Waals surface area contributed by atoms with E-state index in [1.165, 1.54) is 6.42 Å². The van der Waals surface area contributed by atoms with E-state index in [0.717, 1.165) is 23.9 Å². The Morgan fingerprint density at radius 2 is 2.56 bits per heavy atom. The number of hydrogen-bond donors (Lipinski definition) is 0. The first-order chi connectivity index (χ1) is 4.38. The first kappa shape index (κ1) is 5.30. The summed E-state index contributed by atoms with van der Waals surface area (Å²) in [4.78, 5) is 4.13. The van der Waals surface area contributed by atoms with Crippen LogP contribution in [0.3, 0.4) is 0 Å². The third kappa shape index (κ3) is 0.663. The normalized spacial score (nSPS) is 16.1. The molecular weight excluding hydrogens is 136 g/mol. The number of aryl methyl sites for hydroxylation is 1. The van der Waals surface area contributed by atoms with Gasteiger partial charge < -0.3 is 4.57 Å². The predicted molar refractivity (Wildman–Crippen MR) is 35.6 cm³/mol. The molecule has 1 aliphatic rings. The van der Waals surface area contributed by atoms with Gasteiger partial charge in [0, 0.05) is 13.0 Å². The second-order valence-corrected chi connectivity index (χ2v) is 2.64. The number of imidazole rings is 1. The third-order valence-electron chi connectivity index (χ3n) is 1.67. The summed E-state index contributed by atoms with van der Waals surface area (Å²) >= 11 is 5.79. The molecule has 0 spiro atoms. The molecule has 1 aromatic rings. The lowest BCUT2D eigenvalue weighted by atomic mass is 10.4. The summed E-state index contributed by atoms with van der Waals surface area (Å²) in [5.74, 6) is 1.14. The van der Waals surface area contributed by atoms with Gasteiger partial charge in [0.05, 0.1) is 6.20 Å². The van der Waals surface area contributed by atoms with E-state index in [1.54, 1.807) is 6.20 Å². The van der Waals surface area contributed by atoms with Crippen molar-refractivity contribution in [1.82, 2.24) is 9.55 Å². The molecule has 2 heterocycles. The number of rotatable bonds is 0. The monoisotopic (exact) mass is 142 g/mol. The Morgan fingerprint density at radius 3 is 3.33 bits per heavy atom. The topological polar surface area (TPSA) is 17.8 Å². The summed E-state index contributed by atoms with van der Waals surface area (Å²) in [5, 5.41) is 0.780. The first-order valence-electron chi connectivity index (χ1n) is 3.08. The molecule has 0 radical (unpaired) electrons. The van der Waals surface area contributed by atoms with E-state index in [0.29, 0.717) is 0 Å². The highest BCUT2D eigenvalue weighted by Gasteiger charge is 2.12. The highest BCUT2D eigenvalue weighted by atomic mass is 35.5. The van der Waals surface area contributed by atoms with Gasteiger partial charge in [-0.3, -0.25) is 0 Å². The molecule has 0 unspecified atom stereocenters. The van der Waals surface area contributed by atoms with Gasteiger partial charge in [0.1, 0.15) is 11.0 Å². The summed E-state index contributed by atoms with van der Waals surface area (Å²) in [5.41, 5.74) is 0. The molecule has 3 heteroatoms.